The molecule has 0 aliphatic heterocycles. The van der Waals surface area contributed by atoms with Crippen LogP contribution in [0.5, 0.6) is 0 Å². The second-order valence-corrected chi connectivity index (χ2v) is 6.08. The number of carbonyl (C=O) groups excluding carboxylic acids is 1. The summed E-state index contributed by atoms with van der Waals surface area (Å²) in [6, 6.07) is 10.1. The number of hydrogen-bond acceptors (Lipinski definition) is 3. The first kappa shape index (κ1) is 15.7. The predicted molar refractivity (Wildman–Crippen MR) is 83.8 cm³/mol. The number of rotatable bonds is 6. The Morgan fingerprint density at radius 2 is 1.95 bits per heavy atom. The van der Waals surface area contributed by atoms with Crippen LogP contribution in [0.4, 0.5) is 4.39 Å². The number of halogens is 1. The van der Waals surface area contributed by atoms with Crippen LogP contribution in [-0.2, 0) is 4.79 Å². The number of nitrogens with one attached hydrogen (secondary N) is 2. The molecule has 2 N–H and O–H groups in total. The lowest BCUT2D eigenvalue weighted by Gasteiger charge is -2.19. The van der Waals surface area contributed by atoms with E-state index in [2.05, 4.69) is 10.6 Å². The van der Waals surface area contributed by atoms with E-state index in [1.165, 1.54) is 12.1 Å². The molecule has 112 valence electrons. The van der Waals surface area contributed by atoms with Gasteiger partial charge < -0.3 is 10.6 Å². The Hall–Kier alpha value is -1.72. The molecule has 1 aromatic heterocycles. The van der Waals surface area contributed by atoms with E-state index in [-0.39, 0.29) is 30.4 Å². The number of thiophene rings is 1. The molecule has 0 radical (unpaired) electrons. The first-order valence-electron chi connectivity index (χ1n) is 6.88. The van der Waals surface area contributed by atoms with Gasteiger partial charge in [0.2, 0.25) is 5.91 Å². The van der Waals surface area contributed by atoms with E-state index in [9.17, 15) is 9.18 Å². The van der Waals surface area contributed by atoms with E-state index in [1.807, 2.05) is 31.4 Å². The lowest BCUT2D eigenvalue weighted by molar-refractivity contribution is -0.120. The van der Waals surface area contributed by atoms with Crippen LogP contribution < -0.4 is 10.6 Å². The zero-order valence-electron chi connectivity index (χ0n) is 12.1. The molecule has 0 fully saturated rings. The van der Waals surface area contributed by atoms with Gasteiger partial charge in [0.15, 0.2) is 0 Å². The van der Waals surface area contributed by atoms with Gasteiger partial charge in [-0.1, -0.05) is 32.0 Å². The molecule has 21 heavy (non-hydrogen) atoms. The zero-order chi connectivity index (χ0) is 15.2. The van der Waals surface area contributed by atoms with Gasteiger partial charge in [-0.25, -0.2) is 4.39 Å². The van der Waals surface area contributed by atoms with Crippen LogP contribution in [0.1, 0.15) is 30.3 Å². The van der Waals surface area contributed by atoms with Gasteiger partial charge in [0.25, 0.3) is 0 Å². The van der Waals surface area contributed by atoms with Crippen molar-refractivity contribution in [1.29, 1.82) is 0 Å². The fraction of sp³-hybridized carbons (Fsp3) is 0.312. The fourth-order valence-corrected chi connectivity index (χ4v) is 2.74. The molecule has 0 aliphatic rings. The summed E-state index contributed by atoms with van der Waals surface area (Å²) in [6.45, 7) is 4.24. The molecule has 0 spiro atoms. The SMILES string of the molecule is CC(C)NCC(=O)NC(c1ccc(F)cc1)c1cccs1. The van der Waals surface area contributed by atoms with Gasteiger partial charge in [0.05, 0.1) is 12.6 Å². The van der Waals surface area contributed by atoms with E-state index in [4.69, 9.17) is 0 Å². The normalized spacial score (nSPS) is 12.4. The second-order valence-electron chi connectivity index (χ2n) is 5.10. The van der Waals surface area contributed by atoms with Crippen molar-refractivity contribution in [2.45, 2.75) is 25.9 Å². The minimum absolute atomic E-state index is 0.0774. The number of hydrogen-bond donors (Lipinski definition) is 2. The van der Waals surface area contributed by atoms with Crippen LogP contribution in [0.3, 0.4) is 0 Å². The average molecular weight is 306 g/mol. The van der Waals surface area contributed by atoms with Crippen molar-refractivity contribution in [3.8, 4) is 0 Å². The molecule has 0 saturated carbocycles. The molecule has 2 aromatic rings. The van der Waals surface area contributed by atoms with Crippen molar-refractivity contribution in [1.82, 2.24) is 10.6 Å². The van der Waals surface area contributed by atoms with Crippen molar-refractivity contribution in [2.24, 2.45) is 0 Å². The summed E-state index contributed by atoms with van der Waals surface area (Å²) in [6.07, 6.45) is 0. The molecule has 1 atom stereocenters. The van der Waals surface area contributed by atoms with Gasteiger partial charge in [0, 0.05) is 10.9 Å². The van der Waals surface area contributed by atoms with Gasteiger partial charge in [0.1, 0.15) is 5.82 Å². The molecule has 2 rings (SSSR count). The highest BCUT2D eigenvalue weighted by Gasteiger charge is 2.17. The number of benzene rings is 1. The first-order valence-corrected chi connectivity index (χ1v) is 7.76. The zero-order valence-corrected chi connectivity index (χ0v) is 12.9. The summed E-state index contributed by atoms with van der Waals surface area (Å²) in [5, 5.41) is 8.05. The van der Waals surface area contributed by atoms with Crippen molar-refractivity contribution < 1.29 is 9.18 Å². The summed E-state index contributed by atoms with van der Waals surface area (Å²) < 4.78 is 13.1. The standard InChI is InChI=1S/C16H19FN2OS/c1-11(2)18-10-15(20)19-16(14-4-3-9-21-14)12-5-7-13(17)8-6-12/h3-9,11,16,18H,10H2,1-2H3,(H,19,20). The van der Waals surface area contributed by atoms with Gasteiger partial charge in [-0.2, -0.15) is 0 Å². The van der Waals surface area contributed by atoms with Crippen LogP contribution in [0.2, 0.25) is 0 Å². The Balaban J connectivity index is 2.14. The molecule has 0 bridgehead atoms. The molecular weight excluding hydrogens is 287 g/mol. The first-order chi connectivity index (χ1) is 10.1. The third-order valence-corrected chi connectivity index (χ3v) is 3.94. The molecule has 5 heteroatoms. The van der Waals surface area contributed by atoms with E-state index >= 15 is 0 Å². The summed E-state index contributed by atoms with van der Waals surface area (Å²) in [4.78, 5) is 13.1. The minimum Gasteiger partial charge on any atom is -0.343 e. The summed E-state index contributed by atoms with van der Waals surface area (Å²) in [5.41, 5.74) is 0.872. The van der Waals surface area contributed by atoms with E-state index < -0.39 is 0 Å². The quantitative estimate of drug-likeness (QED) is 0.861. The van der Waals surface area contributed by atoms with Crippen molar-refractivity contribution in [2.75, 3.05) is 6.54 Å². The van der Waals surface area contributed by atoms with Gasteiger partial charge >= 0.3 is 0 Å². The van der Waals surface area contributed by atoms with Crippen LogP contribution in [0.25, 0.3) is 0 Å². The lowest BCUT2D eigenvalue weighted by Crippen LogP contribution is -2.38. The van der Waals surface area contributed by atoms with Crippen LogP contribution >= 0.6 is 11.3 Å². The number of amides is 1. The lowest BCUT2D eigenvalue weighted by atomic mass is 10.1. The molecule has 1 heterocycles. The Morgan fingerprint density at radius 3 is 2.52 bits per heavy atom. The molecule has 1 amide bonds. The molecular formula is C16H19FN2OS. The van der Waals surface area contributed by atoms with Crippen molar-refractivity contribution >= 4 is 17.2 Å². The van der Waals surface area contributed by atoms with E-state index in [0.717, 1.165) is 10.4 Å². The van der Waals surface area contributed by atoms with Crippen molar-refractivity contribution in [3.63, 3.8) is 0 Å². The smallest absolute Gasteiger partial charge is 0.234 e. The highest BCUT2D eigenvalue weighted by atomic mass is 32.1. The maximum atomic E-state index is 13.1. The molecule has 3 nitrogen and oxygen atoms in total. The third kappa shape index (κ3) is 4.65. The molecule has 1 unspecified atom stereocenters. The Morgan fingerprint density at radius 1 is 1.24 bits per heavy atom. The Bertz CT molecular complexity index is 566. The minimum atomic E-state index is -0.281. The predicted octanol–water partition coefficient (Wildman–Crippen LogP) is 3.09. The maximum absolute atomic E-state index is 13.1. The molecule has 0 saturated heterocycles. The monoisotopic (exact) mass is 306 g/mol. The highest BCUT2D eigenvalue weighted by molar-refractivity contribution is 7.10. The highest BCUT2D eigenvalue weighted by Crippen LogP contribution is 2.26. The van der Waals surface area contributed by atoms with Gasteiger partial charge in [-0.3, -0.25) is 4.79 Å². The largest absolute Gasteiger partial charge is 0.343 e. The van der Waals surface area contributed by atoms with Crippen LogP contribution in [0, 0.1) is 5.82 Å². The van der Waals surface area contributed by atoms with E-state index in [0.29, 0.717) is 0 Å². The average Bonchev–Trinajstić information content (AvgIpc) is 2.97. The van der Waals surface area contributed by atoms with Crippen molar-refractivity contribution in [3.05, 3.63) is 58.0 Å². The second kappa shape index (κ2) is 7.33. The van der Waals surface area contributed by atoms with Crippen LogP contribution in [-0.4, -0.2) is 18.5 Å². The summed E-state index contributed by atoms with van der Waals surface area (Å²) in [5.74, 6) is -0.358. The molecule has 0 aliphatic carbocycles. The topological polar surface area (TPSA) is 41.1 Å². The number of carbonyl (C=O) groups is 1. The Labute approximate surface area is 128 Å². The maximum Gasteiger partial charge on any atom is 0.234 e. The third-order valence-electron chi connectivity index (χ3n) is 3.01. The van der Waals surface area contributed by atoms with Gasteiger partial charge in [-0.05, 0) is 29.1 Å². The summed E-state index contributed by atoms with van der Waals surface area (Å²) >= 11 is 1.57. The van der Waals surface area contributed by atoms with Crippen LogP contribution in [0.15, 0.2) is 41.8 Å². The van der Waals surface area contributed by atoms with Gasteiger partial charge in [-0.15, -0.1) is 11.3 Å². The Kier molecular flexibility index (Phi) is 5.47. The van der Waals surface area contributed by atoms with E-state index in [1.54, 1.807) is 23.5 Å². The summed E-state index contributed by atoms with van der Waals surface area (Å²) in [7, 11) is 0. The molecule has 1 aromatic carbocycles. The fourth-order valence-electron chi connectivity index (χ4n) is 1.94.